The van der Waals surface area contributed by atoms with E-state index in [2.05, 4.69) is 5.32 Å². The van der Waals surface area contributed by atoms with Gasteiger partial charge in [-0.1, -0.05) is 25.4 Å². The summed E-state index contributed by atoms with van der Waals surface area (Å²) < 4.78 is 12.7. The summed E-state index contributed by atoms with van der Waals surface area (Å²) in [7, 11) is 0. The molecule has 1 aromatic carbocycles. The topological polar surface area (TPSA) is 29.1 Å². The number of carbonyl (C=O) groups is 1. The summed E-state index contributed by atoms with van der Waals surface area (Å²) in [6.07, 6.45) is 0. The third-order valence-electron chi connectivity index (χ3n) is 1.27. The van der Waals surface area contributed by atoms with E-state index in [4.69, 9.17) is 23.2 Å². The average molecular weight is 252 g/mol. The molecule has 0 radical (unpaired) electrons. The molecule has 0 saturated heterocycles. The smallest absolute Gasteiger partial charge is 0.239 e. The van der Waals surface area contributed by atoms with E-state index < -0.39 is 11.7 Å². The van der Waals surface area contributed by atoms with Crippen LogP contribution in [0.25, 0.3) is 0 Å². The number of benzene rings is 1. The summed E-state index contributed by atoms with van der Waals surface area (Å²) in [6.45, 7) is 4.00. The molecule has 0 saturated carbocycles. The molecule has 0 aromatic heterocycles. The third kappa shape index (κ3) is 5.60. The van der Waals surface area contributed by atoms with Gasteiger partial charge in [0.05, 0.1) is 0 Å². The molecule has 0 heterocycles. The predicted octanol–water partition coefficient (Wildman–Crippen LogP) is 3.68. The van der Waals surface area contributed by atoms with Crippen LogP contribution >= 0.6 is 23.2 Å². The zero-order valence-corrected chi connectivity index (χ0v) is 9.99. The minimum absolute atomic E-state index is 0.172. The molecule has 2 nitrogen and oxygen atoms in total. The maximum absolute atomic E-state index is 12.7. The first-order chi connectivity index (χ1) is 7.11. The van der Waals surface area contributed by atoms with E-state index >= 15 is 0 Å². The van der Waals surface area contributed by atoms with Gasteiger partial charge in [-0.25, -0.2) is 4.39 Å². The molecule has 1 N–H and O–H groups in total. The van der Waals surface area contributed by atoms with Gasteiger partial charge < -0.3 is 5.32 Å². The van der Waals surface area contributed by atoms with Crippen LogP contribution in [0.2, 0.25) is 5.02 Å². The van der Waals surface area contributed by atoms with Gasteiger partial charge >= 0.3 is 0 Å². The van der Waals surface area contributed by atoms with Crippen molar-refractivity contribution in [3.05, 3.63) is 29.0 Å². The van der Waals surface area contributed by atoms with Crippen LogP contribution in [-0.4, -0.2) is 11.8 Å². The van der Waals surface area contributed by atoms with Gasteiger partial charge in [0.25, 0.3) is 0 Å². The van der Waals surface area contributed by atoms with E-state index in [1.807, 2.05) is 13.8 Å². The molecule has 84 valence electrons. The van der Waals surface area contributed by atoms with Gasteiger partial charge in [-0.05, 0) is 18.2 Å². The van der Waals surface area contributed by atoms with Crippen molar-refractivity contribution in [2.45, 2.75) is 13.8 Å². The summed E-state index contributed by atoms with van der Waals surface area (Å²) in [4.78, 5) is 10.8. The monoisotopic (exact) mass is 251 g/mol. The predicted molar refractivity (Wildman–Crippen MR) is 62.1 cm³/mol. The standard InChI is InChI=1S/C8H6Cl2FNO.C2H6/c9-4-8(13)12-7-2-5(10)1-6(11)3-7;1-2/h1-3H,4H2,(H,12,13);1-2H3. The highest BCUT2D eigenvalue weighted by Crippen LogP contribution is 2.17. The molecule has 15 heavy (non-hydrogen) atoms. The normalized spacial score (nSPS) is 8.87. The van der Waals surface area contributed by atoms with Crippen molar-refractivity contribution in [2.75, 3.05) is 11.2 Å². The molecule has 0 aliphatic rings. The van der Waals surface area contributed by atoms with Gasteiger partial charge in [0.1, 0.15) is 11.7 Å². The number of carbonyl (C=O) groups excluding carboxylic acids is 1. The van der Waals surface area contributed by atoms with Crippen LogP contribution in [-0.2, 0) is 4.79 Å². The Balaban J connectivity index is 0.000000921. The molecular weight excluding hydrogens is 240 g/mol. The number of hydrogen-bond donors (Lipinski definition) is 1. The summed E-state index contributed by atoms with van der Waals surface area (Å²) in [5, 5.41) is 2.60. The molecule has 0 bridgehead atoms. The van der Waals surface area contributed by atoms with Crippen molar-refractivity contribution in [1.82, 2.24) is 0 Å². The minimum Gasteiger partial charge on any atom is -0.325 e. The molecule has 0 spiro atoms. The average Bonchev–Trinajstić information content (AvgIpc) is 2.19. The van der Waals surface area contributed by atoms with Gasteiger partial charge in [-0.2, -0.15) is 0 Å². The molecule has 1 rings (SSSR count). The molecule has 0 aliphatic carbocycles. The highest BCUT2D eigenvalue weighted by Gasteiger charge is 2.02. The lowest BCUT2D eigenvalue weighted by Gasteiger charge is -2.02. The van der Waals surface area contributed by atoms with E-state index in [0.717, 1.165) is 12.1 Å². The second-order valence-corrected chi connectivity index (χ2v) is 3.04. The third-order valence-corrected chi connectivity index (χ3v) is 1.73. The Kier molecular flexibility index (Phi) is 7.09. The summed E-state index contributed by atoms with van der Waals surface area (Å²) in [5.41, 5.74) is 0.302. The molecule has 1 aromatic rings. The van der Waals surface area contributed by atoms with E-state index in [-0.39, 0.29) is 10.9 Å². The molecular formula is C10H12Cl2FNO. The van der Waals surface area contributed by atoms with Crippen LogP contribution in [0.3, 0.4) is 0 Å². The van der Waals surface area contributed by atoms with Crippen molar-refractivity contribution in [3.8, 4) is 0 Å². The van der Waals surface area contributed by atoms with Crippen LogP contribution in [0, 0.1) is 5.82 Å². The first kappa shape index (κ1) is 14.2. The van der Waals surface area contributed by atoms with Crippen molar-refractivity contribution in [1.29, 1.82) is 0 Å². The van der Waals surface area contributed by atoms with Crippen LogP contribution in [0.15, 0.2) is 18.2 Å². The fourth-order valence-corrected chi connectivity index (χ4v) is 1.11. The van der Waals surface area contributed by atoms with E-state index in [9.17, 15) is 9.18 Å². The van der Waals surface area contributed by atoms with Crippen LogP contribution < -0.4 is 5.32 Å². The van der Waals surface area contributed by atoms with Crippen LogP contribution in [0.4, 0.5) is 10.1 Å². The summed E-state index contributed by atoms with van der Waals surface area (Å²) >= 11 is 10.8. The minimum atomic E-state index is -0.502. The molecule has 1 amide bonds. The lowest BCUT2D eigenvalue weighted by atomic mass is 10.3. The Morgan fingerprint density at radius 3 is 2.47 bits per heavy atom. The molecule has 5 heteroatoms. The van der Waals surface area contributed by atoms with E-state index in [1.54, 1.807) is 0 Å². The summed E-state index contributed by atoms with van der Waals surface area (Å²) in [6, 6.07) is 3.75. The number of amides is 1. The largest absolute Gasteiger partial charge is 0.325 e. The Labute approximate surface area is 98.4 Å². The van der Waals surface area contributed by atoms with Gasteiger partial charge in [0.15, 0.2) is 0 Å². The number of rotatable bonds is 2. The lowest BCUT2D eigenvalue weighted by Crippen LogP contribution is -2.12. The molecule has 0 fully saturated rings. The first-order valence-corrected chi connectivity index (χ1v) is 5.35. The first-order valence-electron chi connectivity index (χ1n) is 4.43. The Morgan fingerprint density at radius 1 is 1.40 bits per heavy atom. The maximum atomic E-state index is 12.7. The van der Waals surface area contributed by atoms with Gasteiger partial charge in [0.2, 0.25) is 5.91 Å². The van der Waals surface area contributed by atoms with Crippen molar-refractivity contribution < 1.29 is 9.18 Å². The second-order valence-electron chi connectivity index (χ2n) is 2.34. The highest BCUT2D eigenvalue weighted by molar-refractivity contribution is 6.31. The SMILES string of the molecule is CC.O=C(CCl)Nc1cc(F)cc(Cl)c1. The maximum Gasteiger partial charge on any atom is 0.239 e. The second kappa shape index (κ2) is 7.49. The zero-order valence-electron chi connectivity index (χ0n) is 8.48. The fraction of sp³-hybridized carbons (Fsp3) is 0.300. The van der Waals surface area contributed by atoms with Gasteiger partial charge in [-0.15, -0.1) is 11.6 Å². The van der Waals surface area contributed by atoms with Crippen LogP contribution in [0.1, 0.15) is 13.8 Å². The van der Waals surface area contributed by atoms with Gasteiger partial charge in [0, 0.05) is 10.7 Å². The van der Waals surface area contributed by atoms with E-state index in [1.165, 1.54) is 6.07 Å². The zero-order chi connectivity index (χ0) is 11.8. The fourth-order valence-electron chi connectivity index (χ4n) is 0.820. The number of halogens is 3. The molecule has 0 atom stereocenters. The number of nitrogens with one attached hydrogen (secondary N) is 1. The molecule has 0 aliphatic heterocycles. The quantitative estimate of drug-likeness (QED) is 0.799. The number of hydrogen-bond acceptors (Lipinski definition) is 1. The Morgan fingerprint density at radius 2 is 2.00 bits per heavy atom. The molecule has 0 unspecified atom stereocenters. The number of alkyl halides is 1. The van der Waals surface area contributed by atoms with Crippen molar-refractivity contribution in [2.24, 2.45) is 0 Å². The Hall–Kier alpha value is -0.800. The number of anilines is 1. The Bertz CT molecular complexity index is 311. The lowest BCUT2D eigenvalue weighted by molar-refractivity contribution is -0.113. The van der Waals surface area contributed by atoms with Gasteiger partial charge in [-0.3, -0.25) is 4.79 Å². The summed E-state index contributed by atoms with van der Waals surface area (Å²) in [5.74, 6) is -1.07. The van der Waals surface area contributed by atoms with Crippen molar-refractivity contribution >= 4 is 34.8 Å². The van der Waals surface area contributed by atoms with E-state index in [0.29, 0.717) is 5.69 Å². The van der Waals surface area contributed by atoms with Crippen LogP contribution in [0.5, 0.6) is 0 Å². The van der Waals surface area contributed by atoms with Crippen molar-refractivity contribution in [3.63, 3.8) is 0 Å². The highest BCUT2D eigenvalue weighted by atomic mass is 35.5.